The van der Waals surface area contributed by atoms with E-state index in [4.69, 9.17) is 4.42 Å². The molecule has 2 heterocycles. The SMILES string of the molecule is COC(=O)CCc1csc(NC(C)c2ccc(C)o2)n1. The fourth-order valence-corrected chi connectivity index (χ4v) is 2.60. The number of aromatic nitrogens is 1. The van der Waals surface area contributed by atoms with Crippen LogP contribution in [0.5, 0.6) is 0 Å². The van der Waals surface area contributed by atoms with Crippen LogP contribution in [0.4, 0.5) is 5.13 Å². The number of carbonyl (C=O) groups excluding carboxylic acids is 1. The fraction of sp³-hybridized carbons (Fsp3) is 0.429. The maximum Gasteiger partial charge on any atom is 0.305 e. The molecule has 2 aromatic heterocycles. The summed E-state index contributed by atoms with van der Waals surface area (Å²) in [5, 5.41) is 6.07. The number of esters is 1. The lowest BCUT2D eigenvalue weighted by Crippen LogP contribution is -2.06. The van der Waals surface area contributed by atoms with E-state index in [0.29, 0.717) is 12.8 Å². The number of nitrogens with zero attached hydrogens (tertiary/aromatic N) is 1. The van der Waals surface area contributed by atoms with Crippen LogP contribution in [0.15, 0.2) is 21.9 Å². The molecule has 0 saturated carbocycles. The molecule has 2 aromatic rings. The number of aryl methyl sites for hydroxylation is 2. The first kappa shape index (κ1) is 14.6. The summed E-state index contributed by atoms with van der Waals surface area (Å²) in [6.07, 6.45) is 0.950. The smallest absolute Gasteiger partial charge is 0.305 e. The first-order chi connectivity index (χ1) is 9.58. The molecule has 0 aromatic carbocycles. The number of carbonyl (C=O) groups is 1. The van der Waals surface area contributed by atoms with E-state index in [9.17, 15) is 4.79 Å². The maximum atomic E-state index is 11.1. The molecule has 0 amide bonds. The Morgan fingerprint density at radius 1 is 1.55 bits per heavy atom. The summed E-state index contributed by atoms with van der Waals surface area (Å²) >= 11 is 1.52. The molecule has 1 N–H and O–H groups in total. The van der Waals surface area contributed by atoms with E-state index < -0.39 is 0 Å². The predicted molar refractivity (Wildman–Crippen MR) is 77.9 cm³/mol. The Labute approximate surface area is 122 Å². The second-order valence-electron chi connectivity index (χ2n) is 4.53. The number of thiazole rings is 1. The summed E-state index contributed by atoms with van der Waals surface area (Å²) in [4.78, 5) is 15.5. The van der Waals surface area contributed by atoms with Gasteiger partial charge < -0.3 is 14.5 Å². The van der Waals surface area contributed by atoms with Gasteiger partial charge >= 0.3 is 5.97 Å². The van der Waals surface area contributed by atoms with Crippen molar-refractivity contribution in [3.63, 3.8) is 0 Å². The van der Waals surface area contributed by atoms with Gasteiger partial charge in [0.25, 0.3) is 0 Å². The number of anilines is 1. The minimum Gasteiger partial charge on any atom is -0.469 e. The number of methoxy groups -OCH3 is 1. The number of nitrogens with one attached hydrogen (secondary N) is 1. The molecule has 108 valence electrons. The Bertz CT molecular complexity index is 576. The molecule has 0 saturated heterocycles. The lowest BCUT2D eigenvalue weighted by Gasteiger charge is -2.09. The van der Waals surface area contributed by atoms with E-state index in [1.165, 1.54) is 18.4 Å². The number of furan rings is 1. The van der Waals surface area contributed by atoms with Crippen molar-refractivity contribution in [2.45, 2.75) is 32.7 Å². The molecule has 0 bridgehead atoms. The molecule has 20 heavy (non-hydrogen) atoms. The van der Waals surface area contributed by atoms with Gasteiger partial charge in [-0.15, -0.1) is 11.3 Å². The molecule has 5 nitrogen and oxygen atoms in total. The van der Waals surface area contributed by atoms with Crippen molar-refractivity contribution in [2.75, 3.05) is 12.4 Å². The maximum absolute atomic E-state index is 11.1. The van der Waals surface area contributed by atoms with Gasteiger partial charge in [0.1, 0.15) is 11.5 Å². The van der Waals surface area contributed by atoms with E-state index in [1.54, 1.807) is 0 Å². The topological polar surface area (TPSA) is 64.4 Å². The Morgan fingerprint density at radius 2 is 2.35 bits per heavy atom. The summed E-state index contributed by atoms with van der Waals surface area (Å²) in [5.41, 5.74) is 0.894. The Balaban J connectivity index is 1.90. The van der Waals surface area contributed by atoms with E-state index in [2.05, 4.69) is 15.0 Å². The molecular weight excluding hydrogens is 276 g/mol. The second kappa shape index (κ2) is 6.56. The van der Waals surface area contributed by atoms with Crippen LogP contribution in [0.2, 0.25) is 0 Å². The van der Waals surface area contributed by atoms with Crippen LogP contribution in [0, 0.1) is 6.92 Å². The van der Waals surface area contributed by atoms with Gasteiger partial charge in [-0.05, 0) is 26.0 Å². The average Bonchev–Trinajstić information content (AvgIpc) is 3.05. The first-order valence-electron chi connectivity index (χ1n) is 6.42. The highest BCUT2D eigenvalue weighted by Crippen LogP contribution is 2.24. The Kier molecular flexibility index (Phi) is 4.79. The average molecular weight is 294 g/mol. The molecule has 1 unspecified atom stereocenters. The van der Waals surface area contributed by atoms with Gasteiger partial charge in [0, 0.05) is 11.8 Å². The first-order valence-corrected chi connectivity index (χ1v) is 7.30. The Morgan fingerprint density at radius 3 is 3.00 bits per heavy atom. The van der Waals surface area contributed by atoms with E-state index >= 15 is 0 Å². The monoisotopic (exact) mass is 294 g/mol. The van der Waals surface area contributed by atoms with Crippen molar-refractivity contribution in [3.05, 3.63) is 34.7 Å². The van der Waals surface area contributed by atoms with Crippen molar-refractivity contribution >= 4 is 22.4 Å². The van der Waals surface area contributed by atoms with Crippen molar-refractivity contribution in [1.82, 2.24) is 4.98 Å². The molecule has 0 aliphatic carbocycles. The summed E-state index contributed by atoms with van der Waals surface area (Å²) in [6.45, 7) is 3.94. The third kappa shape index (κ3) is 3.84. The predicted octanol–water partition coefficient (Wildman–Crippen LogP) is 3.32. The highest BCUT2D eigenvalue weighted by atomic mass is 32.1. The van der Waals surface area contributed by atoms with Gasteiger partial charge in [0.05, 0.1) is 25.3 Å². The molecule has 1 atom stereocenters. The summed E-state index contributed by atoms with van der Waals surface area (Å²) < 4.78 is 10.2. The minimum absolute atomic E-state index is 0.0586. The lowest BCUT2D eigenvalue weighted by molar-refractivity contribution is -0.140. The van der Waals surface area contributed by atoms with Gasteiger partial charge in [-0.25, -0.2) is 4.98 Å². The molecular formula is C14H18N2O3S. The van der Waals surface area contributed by atoms with Crippen LogP contribution in [0.1, 0.15) is 36.6 Å². The van der Waals surface area contributed by atoms with Gasteiger partial charge in [-0.2, -0.15) is 0 Å². The number of hydrogen-bond acceptors (Lipinski definition) is 6. The van der Waals surface area contributed by atoms with Crippen molar-refractivity contribution in [2.24, 2.45) is 0 Å². The number of hydrogen-bond donors (Lipinski definition) is 1. The molecule has 0 spiro atoms. The Hall–Kier alpha value is -1.82. The van der Waals surface area contributed by atoms with Crippen LogP contribution in [0.3, 0.4) is 0 Å². The fourth-order valence-electron chi connectivity index (χ4n) is 1.76. The third-order valence-electron chi connectivity index (χ3n) is 2.89. The largest absolute Gasteiger partial charge is 0.469 e. The summed E-state index contributed by atoms with van der Waals surface area (Å²) in [7, 11) is 1.39. The van der Waals surface area contributed by atoms with Crippen molar-refractivity contribution < 1.29 is 13.9 Å². The quantitative estimate of drug-likeness (QED) is 0.828. The van der Waals surface area contributed by atoms with Gasteiger partial charge in [-0.1, -0.05) is 0 Å². The second-order valence-corrected chi connectivity index (χ2v) is 5.39. The zero-order valence-electron chi connectivity index (χ0n) is 11.8. The van der Waals surface area contributed by atoms with Crippen LogP contribution >= 0.6 is 11.3 Å². The molecule has 0 aliphatic heterocycles. The van der Waals surface area contributed by atoms with Crippen molar-refractivity contribution in [1.29, 1.82) is 0 Å². The highest BCUT2D eigenvalue weighted by molar-refractivity contribution is 7.13. The molecule has 2 rings (SSSR count). The van der Waals surface area contributed by atoms with Crippen LogP contribution in [-0.4, -0.2) is 18.1 Å². The zero-order valence-corrected chi connectivity index (χ0v) is 12.6. The normalized spacial score (nSPS) is 12.2. The van der Waals surface area contributed by atoms with Gasteiger partial charge in [0.15, 0.2) is 5.13 Å². The van der Waals surface area contributed by atoms with Gasteiger partial charge in [-0.3, -0.25) is 4.79 Å². The number of rotatable bonds is 6. The van der Waals surface area contributed by atoms with Crippen LogP contribution in [-0.2, 0) is 16.0 Å². The minimum atomic E-state index is -0.216. The van der Waals surface area contributed by atoms with E-state index in [0.717, 1.165) is 22.3 Å². The third-order valence-corrected chi connectivity index (χ3v) is 3.71. The molecule has 0 fully saturated rings. The zero-order chi connectivity index (χ0) is 14.5. The van der Waals surface area contributed by atoms with Gasteiger partial charge in [0.2, 0.25) is 0 Å². The summed E-state index contributed by atoms with van der Waals surface area (Å²) in [6, 6.07) is 3.96. The van der Waals surface area contributed by atoms with Crippen LogP contribution in [0.25, 0.3) is 0 Å². The van der Waals surface area contributed by atoms with Crippen LogP contribution < -0.4 is 5.32 Å². The standard InChI is InChI=1S/C14H18N2O3S/c1-9-4-6-12(19-9)10(2)15-14-16-11(8-20-14)5-7-13(17)18-3/h4,6,8,10H,5,7H2,1-3H3,(H,15,16). The highest BCUT2D eigenvalue weighted by Gasteiger charge is 2.12. The molecule has 0 radical (unpaired) electrons. The van der Waals surface area contributed by atoms with E-state index in [-0.39, 0.29) is 12.0 Å². The lowest BCUT2D eigenvalue weighted by atomic mass is 10.2. The summed E-state index contributed by atoms with van der Waals surface area (Å²) in [5.74, 6) is 1.56. The van der Waals surface area contributed by atoms with E-state index in [1.807, 2.05) is 31.4 Å². The molecule has 6 heteroatoms. The molecule has 0 aliphatic rings. The van der Waals surface area contributed by atoms with Crippen molar-refractivity contribution in [3.8, 4) is 0 Å². The number of ether oxygens (including phenoxy) is 1.